The number of carbonyl (C=O) groups is 1. The monoisotopic (exact) mass is 473 g/mol. The van der Waals surface area contributed by atoms with Crippen LogP contribution in [0.15, 0.2) is 28.7 Å². The molecule has 1 aliphatic carbocycles. The van der Waals surface area contributed by atoms with Crippen molar-refractivity contribution in [1.29, 1.82) is 5.26 Å². The van der Waals surface area contributed by atoms with Gasteiger partial charge in [-0.1, -0.05) is 11.6 Å². The number of hydrogen-bond donors (Lipinski definition) is 1. The van der Waals surface area contributed by atoms with Crippen molar-refractivity contribution in [3.05, 3.63) is 51.2 Å². The van der Waals surface area contributed by atoms with E-state index in [-0.39, 0.29) is 23.3 Å². The number of fused-ring (bicyclic) bond motifs is 1. The zero-order valence-corrected chi connectivity index (χ0v) is 18.2. The summed E-state index contributed by atoms with van der Waals surface area (Å²) in [5, 5.41) is 20.6. The number of nitrogens with one attached hydrogen (secondary N) is 1. The molecule has 0 atom stereocenters. The Morgan fingerprint density at radius 2 is 2.06 bits per heavy atom. The zero-order chi connectivity index (χ0) is 21.6. The van der Waals surface area contributed by atoms with Crippen LogP contribution >= 0.6 is 34.3 Å². The minimum absolute atomic E-state index is 0.0805. The molecule has 0 bridgehead atoms. The Morgan fingerprint density at radius 3 is 2.77 bits per heavy atom. The molecule has 1 N–H and O–H groups in total. The molecular formula is C20H13ClFN5O2S2. The molecule has 7 nitrogen and oxygen atoms in total. The van der Waals surface area contributed by atoms with Gasteiger partial charge in [-0.05, 0) is 37.1 Å². The molecule has 1 aliphatic rings. The lowest BCUT2D eigenvalue weighted by Crippen LogP contribution is -2.36. The smallest absolute Gasteiger partial charge is 0.230 e. The number of halogens is 2. The van der Waals surface area contributed by atoms with Crippen LogP contribution in [0.4, 0.5) is 4.39 Å². The van der Waals surface area contributed by atoms with Gasteiger partial charge < -0.3 is 9.73 Å². The Bertz CT molecular complexity index is 1350. The SMILES string of the molecule is N#CC1(NC(=O)Cc2nnc(Cc3nc4ccc(-c5ccc(F)s5)c(Cl)c4s3)o2)CC1. The average molecular weight is 474 g/mol. The van der Waals surface area contributed by atoms with Gasteiger partial charge in [0.05, 0.1) is 27.7 Å². The summed E-state index contributed by atoms with van der Waals surface area (Å²) in [6, 6.07) is 8.90. The van der Waals surface area contributed by atoms with E-state index in [1.165, 1.54) is 17.4 Å². The number of carbonyl (C=O) groups excluding carboxylic acids is 1. The molecule has 0 unspecified atom stereocenters. The molecule has 4 aromatic rings. The third-order valence-electron chi connectivity index (χ3n) is 4.85. The highest BCUT2D eigenvalue weighted by molar-refractivity contribution is 7.19. The van der Waals surface area contributed by atoms with Gasteiger partial charge in [0.15, 0.2) is 5.13 Å². The summed E-state index contributed by atoms with van der Waals surface area (Å²) in [4.78, 5) is 17.4. The molecule has 0 spiro atoms. The lowest BCUT2D eigenvalue weighted by Gasteiger charge is -2.06. The third kappa shape index (κ3) is 4.04. The van der Waals surface area contributed by atoms with E-state index in [4.69, 9.17) is 21.3 Å². The second kappa shape index (κ2) is 7.67. The number of nitriles is 1. The summed E-state index contributed by atoms with van der Waals surface area (Å²) in [7, 11) is 0. The van der Waals surface area contributed by atoms with Gasteiger partial charge in [0.1, 0.15) is 17.0 Å². The maximum Gasteiger partial charge on any atom is 0.230 e. The molecule has 0 radical (unpaired) electrons. The highest BCUT2D eigenvalue weighted by Crippen LogP contribution is 2.40. The highest BCUT2D eigenvalue weighted by Gasteiger charge is 2.44. The Kier molecular flexibility index (Phi) is 4.97. The second-order valence-corrected chi connectivity index (χ2v) is 9.67. The van der Waals surface area contributed by atoms with E-state index in [2.05, 4.69) is 26.6 Å². The summed E-state index contributed by atoms with van der Waals surface area (Å²) >= 11 is 9.01. The highest BCUT2D eigenvalue weighted by atomic mass is 35.5. The molecule has 3 heterocycles. The van der Waals surface area contributed by atoms with E-state index in [9.17, 15) is 9.18 Å². The van der Waals surface area contributed by atoms with Crippen LogP contribution in [0.25, 0.3) is 20.7 Å². The Labute approximate surface area is 188 Å². The van der Waals surface area contributed by atoms with Crippen molar-refractivity contribution in [2.75, 3.05) is 0 Å². The first kappa shape index (κ1) is 20.1. The van der Waals surface area contributed by atoms with Crippen molar-refractivity contribution in [2.45, 2.75) is 31.2 Å². The molecular weight excluding hydrogens is 461 g/mol. The second-order valence-electron chi connectivity index (χ2n) is 7.17. The minimum atomic E-state index is -0.728. The number of nitrogens with zero attached hydrogens (tertiary/aromatic N) is 4. The number of rotatable bonds is 6. The van der Waals surface area contributed by atoms with Crippen LogP contribution < -0.4 is 5.32 Å². The van der Waals surface area contributed by atoms with Crippen molar-refractivity contribution in [2.24, 2.45) is 0 Å². The van der Waals surface area contributed by atoms with Crippen LogP contribution in [0.3, 0.4) is 0 Å². The van der Waals surface area contributed by atoms with Gasteiger partial charge in [-0.2, -0.15) is 9.65 Å². The van der Waals surface area contributed by atoms with Crippen molar-refractivity contribution in [3.63, 3.8) is 0 Å². The molecule has 11 heteroatoms. The van der Waals surface area contributed by atoms with E-state index in [0.29, 0.717) is 30.2 Å². The predicted molar refractivity (Wildman–Crippen MR) is 114 cm³/mol. The fourth-order valence-electron chi connectivity index (χ4n) is 3.13. The van der Waals surface area contributed by atoms with Gasteiger partial charge in [0.2, 0.25) is 17.7 Å². The quantitative estimate of drug-likeness (QED) is 0.442. The maximum atomic E-state index is 13.4. The Balaban J connectivity index is 1.31. The van der Waals surface area contributed by atoms with Gasteiger partial charge in [0.25, 0.3) is 0 Å². The largest absolute Gasteiger partial charge is 0.424 e. The summed E-state index contributed by atoms with van der Waals surface area (Å²) in [6.07, 6.45) is 1.54. The van der Waals surface area contributed by atoms with Crippen LogP contribution in [0.5, 0.6) is 0 Å². The van der Waals surface area contributed by atoms with Crippen LogP contribution in [0.2, 0.25) is 5.02 Å². The fraction of sp³-hybridized carbons (Fsp3) is 0.250. The number of thiophene rings is 1. The normalized spacial score (nSPS) is 14.5. The number of aromatic nitrogens is 3. The van der Waals surface area contributed by atoms with Crippen LogP contribution in [0.1, 0.15) is 29.6 Å². The standard InChI is InChI=1S/C20H13ClFN5O2S2/c21-18-10(12-3-4-13(22)30-12)1-2-11-19(18)31-17(24-11)8-16-27-26-15(29-16)7-14(28)25-20(9-23)5-6-20/h1-4H,5-8H2,(H,25,28). The lowest BCUT2D eigenvalue weighted by atomic mass is 10.2. The van der Waals surface area contributed by atoms with Crippen LogP contribution in [-0.2, 0) is 17.6 Å². The molecule has 1 saturated carbocycles. The van der Waals surface area contributed by atoms with Crippen molar-refractivity contribution in [1.82, 2.24) is 20.5 Å². The van der Waals surface area contributed by atoms with Gasteiger partial charge in [-0.3, -0.25) is 4.79 Å². The van der Waals surface area contributed by atoms with Crippen LogP contribution in [-0.4, -0.2) is 26.6 Å². The first-order chi connectivity index (χ1) is 14.9. The van der Waals surface area contributed by atoms with Gasteiger partial charge in [-0.25, -0.2) is 4.98 Å². The molecule has 156 valence electrons. The molecule has 1 aromatic carbocycles. The molecule has 5 rings (SSSR count). The molecule has 1 amide bonds. The topological polar surface area (TPSA) is 105 Å². The summed E-state index contributed by atoms with van der Waals surface area (Å²) in [5.41, 5.74) is 0.764. The van der Waals surface area contributed by atoms with Gasteiger partial charge in [-0.15, -0.1) is 32.9 Å². The van der Waals surface area contributed by atoms with Crippen molar-refractivity contribution in [3.8, 4) is 16.5 Å². The molecule has 31 heavy (non-hydrogen) atoms. The molecule has 0 saturated heterocycles. The van der Waals surface area contributed by atoms with Crippen molar-refractivity contribution >= 4 is 50.4 Å². The molecule has 1 fully saturated rings. The first-order valence-electron chi connectivity index (χ1n) is 9.32. The predicted octanol–water partition coefficient (Wildman–Crippen LogP) is 4.51. The molecule has 3 aromatic heterocycles. The molecule has 0 aliphatic heterocycles. The zero-order valence-electron chi connectivity index (χ0n) is 15.8. The van der Waals surface area contributed by atoms with E-state index >= 15 is 0 Å². The summed E-state index contributed by atoms with van der Waals surface area (Å²) in [6.45, 7) is 0. The average Bonchev–Trinajstić information content (AvgIpc) is 3.07. The van der Waals surface area contributed by atoms with Gasteiger partial charge >= 0.3 is 0 Å². The van der Waals surface area contributed by atoms with E-state index in [1.807, 2.05) is 12.1 Å². The van der Waals surface area contributed by atoms with Crippen molar-refractivity contribution < 1.29 is 13.6 Å². The summed E-state index contributed by atoms with van der Waals surface area (Å²) in [5.74, 6) is 0.195. The summed E-state index contributed by atoms with van der Waals surface area (Å²) < 4.78 is 19.8. The van der Waals surface area contributed by atoms with Gasteiger partial charge in [0, 0.05) is 10.4 Å². The van der Waals surface area contributed by atoms with Crippen LogP contribution in [0, 0.1) is 16.5 Å². The number of amides is 1. The first-order valence-corrected chi connectivity index (χ1v) is 11.3. The fourth-order valence-corrected chi connectivity index (χ4v) is 5.32. The third-order valence-corrected chi connectivity index (χ3v) is 7.35. The Morgan fingerprint density at radius 1 is 1.26 bits per heavy atom. The van der Waals surface area contributed by atoms with E-state index < -0.39 is 5.54 Å². The minimum Gasteiger partial charge on any atom is -0.424 e. The van der Waals surface area contributed by atoms with E-state index in [1.54, 1.807) is 6.07 Å². The maximum absolute atomic E-state index is 13.4. The lowest BCUT2D eigenvalue weighted by molar-refractivity contribution is -0.121. The number of benzene rings is 1. The number of hydrogen-bond acceptors (Lipinski definition) is 8. The number of thiazole rings is 1. The van der Waals surface area contributed by atoms with E-state index in [0.717, 1.165) is 37.0 Å². The Hall–Kier alpha value is -2.87.